The highest BCUT2D eigenvalue weighted by Crippen LogP contribution is 2.27. The van der Waals surface area contributed by atoms with Gasteiger partial charge in [-0.2, -0.15) is 0 Å². The molecule has 0 atom stereocenters. The predicted molar refractivity (Wildman–Crippen MR) is 82.7 cm³/mol. The predicted octanol–water partition coefficient (Wildman–Crippen LogP) is 4.25. The Hall–Kier alpha value is -1.52. The summed E-state index contributed by atoms with van der Waals surface area (Å²) in [5.74, 6) is -0.232. The third kappa shape index (κ3) is 2.91. The highest BCUT2D eigenvalue weighted by molar-refractivity contribution is 9.10. The van der Waals surface area contributed by atoms with Crippen LogP contribution in [0.1, 0.15) is 15.9 Å². The summed E-state index contributed by atoms with van der Waals surface area (Å²) in [5.41, 5.74) is 8.28. The molecular weight excluding hydrogens is 328 g/mol. The lowest BCUT2D eigenvalue weighted by molar-refractivity contribution is 0.102. The molecule has 2 aromatic rings. The molecule has 2 rings (SSSR count). The fourth-order valence-electron chi connectivity index (χ4n) is 1.66. The first-order chi connectivity index (χ1) is 9.00. The summed E-state index contributed by atoms with van der Waals surface area (Å²) in [5, 5.41) is 3.44. The van der Waals surface area contributed by atoms with Crippen LogP contribution in [0.25, 0.3) is 0 Å². The Kier molecular flexibility index (Phi) is 4.12. The van der Waals surface area contributed by atoms with Crippen molar-refractivity contribution in [2.75, 3.05) is 11.1 Å². The van der Waals surface area contributed by atoms with Crippen molar-refractivity contribution in [3.8, 4) is 0 Å². The van der Waals surface area contributed by atoms with Gasteiger partial charge in [0.15, 0.2) is 0 Å². The number of hydrogen-bond acceptors (Lipinski definition) is 2. The Morgan fingerprint density at radius 2 is 1.95 bits per heavy atom. The molecule has 0 heterocycles. The first-order valence-electron chi connectivity index (χ1n) is 5.61. The van der Waals surface area contributed by atoms with Gasteiger partial charge in [-0.1, -0.05) is 23.7 Å². The zero-order valence-corrected chi connectivity index (χ0v) is 12.5. The van der Waals surface area contributed by atoms with Crippen molar-refractivity contribution in [3.05, 3.63) is 57.0 Å². The molecule has 0 saturated carbocycles. The molecule has 0 bridgehead atoms. The first-order valence-corrected chi connectivity index (χ1v) is 6.78. The summed E-state index contributed by atoms with van der Waals surface area (Å²) < 4.78 is 0.590. The van der Waals surface area contributed by atoms with Crippen LogP contribution < -0.4 is 11.1 Å². The van der Waals surface area contributed by atoms with Gasteiger partial charge in [-0.05, 0) is 52.7 Å². The molecule has 1 amide bonds. The van der Waals surface area contributed by atoms with E-state index in [1.165, 1.54) is 0 Å². The standard InChI is InChI=1S/C14H12BrClN2O/c1-8-10(16)5-3-7-12(8)18-14(19)9-4-2-6-11(17)13(9)15/h2-7H,17H2,1H3,(H,18,19). The number of nitrogen functional groups attached to an aromatic ring is 1. The Bertz CT molecular complexity index is 643. The average Bonchev–Trinajstić information content (AvgIpc) is 2.38. The van der Waals surface area contributed by atoms with E-state index in [9.17, 15) is 4.79 Å². The molecule has 98 valence electrons. The molecule has 0 spiro atoms. The van der Waals surface area contributed by atoms with Crippen molar-refractivity contribution in [2.24, 2.45) is 0 Å². The number of carbonyl (C=O) groups is 1. The number of nitrogens with two attached hydrogens (primary N) is 1. The highest BCUT2D eigenvalue weighted by Gasteiger charge is 2.13. The van der Waals surface area contributed by atoms with E-state index >= 15 is 0 Å². The fourth-order valence-corrected chi connectivity index (χ4v) is 2.28. The maximum atomic E-state index is 12.2. The summed E-state index contributed by atoms with van der Waals surface area (Å²) in [7, 11) is 0. The van der Waals surface area contributed by atoms with Crippen molar-refractivity contribution in [2.45, 2.75) is 6.92 Å². The minimum atomic E-state index is -0.232. The van der Waals surface area contributed by atoms with Crippen LogP contribution in [0.2, 0.25) is 5.02 Å². The van der Waals surface area contributed by atoms with Crippen LogP contribution in [0.3, 0.4) is 0 Å². The van der Waals surface area contributed by atoms with E-state index in [2.05, 4.69) is 21.2 Å². The van der Waals surface area contributed by atoms with Gasteiger partial charge in [0.05, 0.1) is 10.0 Å². The van der Waals surface area contributed by atoms with Gasteiger partial charge in [-0.25, -0.2) is 0 Å². The van der Waals surface area contributed by atoms with Crippen molar-refractivity contribution in [1.82, 2.24) is 0 Å². The molecule has 3 nitrogen and oxygen atoms in total. The van der Waals surface area contributed by atoms with Crippen LogP contribution in [-0.2, 0) is 0 Å². The van der Waals surface area contributed by atoms with Gasteiger partial charge < -0.3 is 11.1 Å². The molecule has 0 unspecified atom stereocenters. The third-order valence-corrected chi connectivity index (χ3v) is 4.08. The van der Waals surface area contributed by atoms with Gasteiger partial charge in [0, 0.05) is 16.4 Å². The molecule has 0 aliphatic carbocycles. The number of rotatable bonds is 2. The number of amides is 1. The molecule has 0 aliphatic heterocycles. The Morgan fingerprint density at radius 3 is 2.68 bits per heavy atom. The van der Waals surface area contributed by atoms with Gasteiger partial charge >= 0.3 is 0 Å². The maximum absolute atomic E-state index is 12.2. The molecule has 0 aliphatic rings. The van der Waals surface area contributed by atoms with Crippen molar-refractivity contribution in [3.63, 3.8) is 0 Å². The van der Waals surface area contributed by atoms with E-state index in [1.807, 2.05) is 6.92 Å². The maximum Gasteiger partial charge on any atom is 0.256 e. The van der Waals surface area contributed by atoms with Gasteiger partial charge in [0.25, 0.3) is 5.91 Å². The van der Waals surface area contributed by atoms with Crippen LogP contribution in [0.4, 0.5) is 11.4 Å². The Morgan fingerprint density at radius 1 is 1.26 bits per heavy atom. The zero-order valence-electron chi connectivity index (χ0n) is 10.2. The molecule has 0 aromatic heterocycles. The number of anilines is 2. The highest BCUT2D eigenvalue weighted by atomic mass is 79.9. The topological polar surface area (TPSA) is 55.1 Å². The normalized spacial score (nSPS) is 10.3. The van der Waals surface area contributed by atoms with E-state index in [0.29, 0.717) is 26.4 Å². The fraction of sp³-hybridized carbons (Fsp3) is 0.0714. The largest absolute Gasteiger partial charge is 0.398 e. The van der Waals surface area contributed by atoms with Crippen molar-refractivity contribution in [1.29, 1.82) is 0 Å². The Balaban J connectivity index is 2.31. The monoisotopic (exact) mass is 338 g/mol. The van der Waals surface area contributed by atoms with E-state index in [4.69, 9.17) is 17.3 Å². The average molecular weight is 340 g/mol. The molecule has 19 heavy (non-hydrogen) atoms. The molecule has 5 heteroatoms. The number of halogens is 2. The second-order valence-electron chi connectivity index (χ2n) is 4.08. The number of benzene rings is 2. The second kappa shape index (κ2) is 5.63. The lowest BCUT2D eigenvalue weighted by atomic mass is 10.1. The van der Waals surface area contributed by atoms with E-state index in [0.717, 1.165) is 5.56 Å². The van der Waals surface area contributed by atoms with Gasteiger partial charge in [0.2, 0.25) is 0 Å². The summed E-state index contributed by atoms with van der Waals surface area (Å²) in [6.45, 7) is 1.85. The van der Waals surface area contributed by atoms with E-state index < -0.39 is 0 Å². The molecule has 0 fully saturated rings. The summed E-state index contributed by atoms with van der Waals surface area (Å²) in [4.78, 5) is 12.2. The van der Waals surface area contributed by atoms with Gasteiger partial charge in [-0.3, -0.25) is 4.79 Å². The van der Waals surface area contributed by atoms with Crippen LogP contribution in [0, 0.1) is 6.92 Å². The number of carbonyl (C=O) groups excluding carboxylic acids is 1. The van der Waals surface area contributed by atoms with Crippen LogP contribution in [0.5, 0.6) is 0 Å². The van der Waals surface area contributed by atoms with Crippen LogP contribution >= 0.6 is 27.5 Å². The smallest absolute Gasteiger partial charge is 0.256 e. The summed E-state index contributed by atoms with van der Waals surface area (Å²) >= 11 is 9.33. The summed E-state index contributed by atoms with van der Waals surface area (Å²) in [6.07, 6.45) is 0. The van der Waals surface area contributed by atoms with Gasteiger partial charge in [0.1, 0.15) is 0 Å². The molecule has 3 N–H and O–H groups in total. The van der Waals surface area contributed by atoms with E-state index in [1.54, 1.807) is 36.4 Å². The molecule has 0 saturated heterocycles. The SMILES string of the molecule is Cc1c(Cl)cccc1NC(=O)c1cccc(N)c1Br. The molecule has 0 radical (unpaired) electrons. The Labute approximate surface area is 124 Å². The molecule has 2 aromatic carbocycles. The second-order valence-corrected chi connectivity index (χ2v) is 5.28. The molecular formula is C14H12BrClN2O. The number of hydrogen-bond donors (Lipinski definition) is 2. The quantitative estimate of drug-likeness (QED) is 0.804. The number of nitrogens with one attached hydrogen (secondary N) is 1. The zero-order chi connectivity index (χ0) is 14.0. The van der Waals surface area contributed by atoms with E-state index in [-0.39, 0.29) is 5.91 Å². The lowest BCUT2D eigenvalue weighted by Crippen LogP contribution is -2.14. The van der Waals surface area contributed by atoms with Crippen LogP contribution in [0.15, 0.2) is 40.9 Å². The summed E-state index contributed by atoms with van der Waals surface area (Å²) in [6, 6.07) is 10.5. The third-order valence-electron chi connectivity index (χ3n) is 2.79. The minimum Gasteiger partial charge on any atom is -0.398 e. The van der Waals surface area contributed by atoms with Gasteiger partial charge in [-0.15, -0.1) is 0 Å². The van der Waals surface area contributed by atoms with Crippen LogP contribution in [-0.4, -0.2) is 5.91 Å². The minimum absolute atomic E-state index is 0.232. The van der Waals surface area contributed by atoms with Crippen molar-refractivity contribution < 1.29 is 4.79 Å². The van der Waals surface area contributed by atoms with Crippen molar-refractivity contribution >= 4 is 44.8 Å². The first kappa shape index (κ1) is 13.9. The lowest BCUT2D eigenvalue weighted by Gasteiger charge is -2.11.